The first-order chi connectivity index (χ1) is 11.7. The maximum Gasteiger partial charge on any atom is 0.115 e. The van der Waals surface area contributed by atoms with Crippen molar-refractivity contribution in [2.75, 3.05) is 0 Å². The fourth-order valence-corrected chi connectivity index (χ4v) is 4.30. The molecule has 132 valence electrons. The topological polar surface area (TPSA) is 29.5 Å². The Hall–Kier alpha value is -1.58. The van der Waals surface area contributed by atoms with Crippen LogP contribution in [-0.2, 0) is 4.74 Å². The van der Waals surface area contributed by atoms with Crippen molar-refractivity contribution in [1.29, 1.82) is 0 Å². The first kappa shape index (κ1) is 18.2. The summed E-state index contributed by atoms with van der Waals surface area (Å²) in [6, 6.07) is 15.9. The molecule has 0 amide bonds. The summed E-state index contributed by atoms with van der Waals surface area (Å²) in [6.07, 6.45) is 3.12. The molecular formula is C22H25BrO2. The molecule has 1 atom stereocenters. The molecule has 1 heterocycles. The molecule has 1 saturated heterocycles. The summed E-state index contributed by atoms with van der Waals surface area (Å²) in [4.78, 5) is 0. The third-order valence-corrected chi connectivity index (χ3v) is 5.21. The zero-order chi connectivity index (χ0) is 18.2. The van der Waals surface area contributed by atoms with Crippen LogP contribution < -0.4 is 0 Å². The average molecular weight is 401 g/mol. The van der Waals surface area contributed by atoms with Gasteiger partial charge in [-0.1, -0.05) is 51.8 Å². The third kappa shape index (κ3) is 4.16. The molecular weight excluding hydrogens is 376 g/mol. The van der Waals surface area contributed by atoms with Gasteiger partial charge >= 0.3 is 0 Å². The van der Waals surface area contributed by atoms with Gasteiger partial charge in [-0.15, -0.1) is 0 Å². The van der Waals surface area contributed by atoms with E-state index >= 15 is 0 Å². The van der Waals surface area contributed by atoms with Gasteiger partial charge in [-0.05, 0) is 69.5 Å². The summed E-state index contributed by atoms with van der Waals surface area (Å²) < 4.78 is 7.53. The van der Waals surface area contributed by atoms with E-state index in [1.165, 1.54) is 11.1 Å². The highest BCUT2D eigenvalue weighted by atomic mass is 79.9. The van der Waals surface area contributed by atoms with Crippen molar-refractivity contribution in [3.8, 4) is 5.75 Å². The largest absolute Gasteiger partial charge is 0.508 e. The van der Waals surface area contributed by atoms with Crippen LogP contribution in [-0.4, -0.2) is 16.3 Å². The second-order valence-electron chi connectivity index (χ2n) is 7.94. The van der Waals surface area contributed by atoms with Crippen molar-refractivity contribution in [2.45, 2.75) is 51.2 Å². The van der Waals surface area contributed by atoms with Crippen molar-refractivity contribution in [3.63, 3.8) is 0 Å². The number of aromatic hydroxyl groups is 1. The van der Waals surface area contributed by atoms with E-state index in [1.54, 1.807) is 12.1 Å². The number of halogens is 1. The normalized spacial score (nSPS) is 23.6. The van der Waals surface area contributed by atoms with Crippen LogP contribution in [0.2, 0.25) is 0 Å². The van der Waals surface area contributed by atoms with E-state index in [2.05, 4.69) is 74.0 Å². The molecule has 25 heavy (non-hydrogen) atoms. The van der Waals surface area contributed by atoms with Crippen molar-refractivity contribution in [2.24, 2.45) is 0 Å². The minimum atomic E-state index is -0.307. The molecule has 1 aliphatic heterocycles. The lowest BCUT2D eigenvalue weighted by Gasteiger charge is -2.48. The fraction of sp³-hybridized carbons (Fsp3) is 0.364. The van der Waals surface area contributed by atoms with Gasteiger partial charge in [0.25, 0.3) is 0 Å². The molecule has 1 unspecified atom stereocenters. The van der Waals surface area contributed by atoms with Crippen LogP contribution in [0.15, 0.2) is 58.6 Å². The summed E-state index contributed by atoms with van der Waals surface area (Å²) in [5.74, 6) is 0.474. The minimum absolute atomic E-state index is 0.183. The molecule has 0 aromatic heterocycles. The maximum absolute atomic E-state index is 9.54. The quantitative estimate of drug-likeness (QED) is 0.640. The second-order valence-corrected chi connectivity index (χ2v) is 8.85. The number of benzene rings is 2. The number of rotatable bonds is 2. The zero-order valence-corrected chi connectivity index (χ0v) is 16.8. The third-order valence-electron chi connectivity index (χ3n) is 4.68. The Morgan fingerprint density at radius 3 is 2.20 bits per heavy atom. The van der Waals surface area contributed by atoms with Crippen molar-refractivity contribution in [3.05, 3.63) is 69.7 Å². The monoisotopic (exact) mass is 400 g/mol. The minimum Gasteiger partial charge on any atom is -0.508 e. The number of hydrogen-bond donors (Lipinski definition) is 1. The Labute approximate surface area is 158 Å². The molecule has 3 rings (SSSR count). The summed E-state index contributed by atoms with van der Waals surface area (Å²) in [5, 5.41) is 9.54. The van der Waals surface area contributed by atoms with E-state index in [-0.39, 0.29) is 17.1 Å². The van der Waals surface area contributed by atoms with Crippen molar-refractivity contribution < 1.29 is 9.84 Å². The van der Waals surface area contributed by atoms with Gasteiger partial charge in [-0.3, -0.25) is 0 Å². The highest BCUT2D eigenvalue weighted by Crippen LogP contribution is 2.48. The number of hydrogen-bond acceptors (Lipinski definition) is 2. The first-order valence-corrected chi connectivity index (χ1v) is 9.41. The van der Waals surface area contributed by atoms with Crippen LogP contribution in [0.4, 0.5) is 0 Å². The number of phenolic OH excluding ortho intramolecular Hbond substituents is 1. The van der Waals surface area contributed by atoms with Gasteiger partial charge in [-0.2, -0.15) is 0 Å². The molecule has 0 radical (unpaired) electrons. The molecule has 1 aliphatic rings. The molecule has 0 bridgehead atoms. The van der Waals surface area contributed by atoms with Gasteiger partial charge in [0.15, 0.2) is 0 Å². The molecule has 1 N–H and O–H groups in total. The molecule has 3 heteroatoms. The van der Waals surface area contributed by atoms with Crippen molar-refractivity contribution in [1.82, 2.24) is 0 Å². The predicted octanol–water partition coefficient (Wildman–Crippen LogP) is 6.30. The lowest BCUT2D eigenvalue weighted by Crippen LogP contribution is -2.47. The summed E-state index contributed by atoms with van der Waals surface area (Å²) in [7, 11) is 0. The highest BCUT2D eigenvalue weighted by molar-refractivity contribution is 9.10. The van der Waals surface area contributed by atoms with Crippen LogP contribution in [0.25, 0.3) is 6.08 Å². The van der Waals surface area contributed by atoms with Crippen LogP contribution in [0, 0.1) is 0 Å². The highest BCUT2D eigenvalue weighted by Gasteiger charge is 2.44. The average Bonchev–Trinajstić information content (AvgIpc) is 2.49. The Morgan fingerprint density at radius 2 is 1.60 bits per heavy atom. The lowest BCUT2D eigenvalue weighted by atomic mass is 9.72. The van der Waals surface area contributed by atoms with Crippen LogP contribution in [0.1, 0.15) is 51.2 Å². The van der Waals surface area contributed by atoms with Gasteiger partial charge in [0.05, 0.1) is 11.2 Å². The summed E-state index contributed by atoms with van der Waals surface area (Å²) in [5.41, 5.74) is 3.20. The number of phenols is 1. The Balaban J connectivity index is 2.09. The Bertz CT molecular complexity index is 771. The van der Waals surface area contributed by atoms with Crippen LogP contribution in [0.3, 0.4) is 0 Å². The van der Waals surface area contributed by atoms with Crippen LogP contribution in [0.5, 0.6) is 5.75 Å². The van der Waals surface area contributed by atoms with Crippen LogP contribution >= 0.6 is 15.9 Å². The molecule has 2 aromatic carbocycles. The second kappa shape index (κ2) is 6.62. The maximum atomic E-state index is 9.54. The molecule has 1 fully saturated rings. The first-order valence-electron chi connectivity index (χ1n) is 8.61. The lowest BCUT2D eigenvalue weighted by molar-refractivity contribution is -0.148. The van der Waals surface area contributed by atoms with E-state index < -0.39 is 0 Å². The van der Waals surface area contributed by atoms with Gasteiger partial charge in [0, 0.05) is 10.4 Å². The molecule has 0 spiro atoms. The van der Waals surface area contributed by atoms with E-state index in [1.807, 2.05) is 12.1 Å². The number of ether oxygens (including phenoxy) is 1. The predicted molar refractivity (Wildman–Crippen MR) is 107 cm³/mol. The van der Waals surface area contributed by atoms with Gasteiger partial charge in [0.2, 0.25) is 0 Å². The van der Waals surface area contributed by atoms with E-state index in [0.717, 1.165) is 16.5 Å². The molecule has 2 nitrogen and oxygen atoms in total. The van der Waals surface area contributed by atoms with Gasteiger partial charge < -0.3 is 9.84 Å². The fourth-order valence-electron chi connectivity index (χ4n) is 4.04. The Kier molecular flexibility index (Phi) is 4.82. The standard InChI is InChI=1S/C22H25BrO2/c1-21(2)14-17(13-15-5-11-19(24)12-6-15)20(22(3,4)25-21)16-7-9-18(23)10-8-16/h5-13,20,24H,14H2,1-4H3. The van der Waals surface area contributed by atoms with E-state index in [0.29, 0.717) is 5.75 Å². The van der Waals surface area contributed by atoms with Crippen molar-refractivity contribution >= 4 is 22.0 Å². The van der Waals surface area contributed by atoms with Gasteiger partial charge in [0.1, 0.15) is 5.75 Å². The van der Waals surface area contributed by atoms with Gasteiger partial charge in [-0.25, -0.2) is 0 Å². The molecule has 0 saturated carbocycles. The zero-order valence-electron chi connectivity index (χ0n) is 15.2. The Morgan fingerprint density at radius 1 is 1.00 bits per heavy atom. The van der Waals surface area contributed by atoms with E-state index in [9.17, 15) is 5.11 Å². The summed E-state index contributed by atoms with van der Waals surface area (Å²) in [6.45, 7) is 8.64. The smallest absolute Gasteiger partial charge is 0.115 e. The molecule has 2 aromatic rings. The SMILES string of the molecule is CC1(C)CC(=Cc2ccc(O)cc2)C(c2ccc(Br)cc2)C(C)(C)O1. The molecule has 0 aliphatic carbocycles. The summed E-state index contributed by atoms with van der Waals surface area (Å²) >= 11 is 3.52. The van der Waals surface area contributed by atoms with E-state index in [4.69, 9.17) is 4.74 Å².